The topological polar surface area (TPSA) is 90.9 Å². The van der Waals surface area contributed by atoms with E-state index in [4.69, 9.17) is 0 Å². The SMILES string of the molecule is CC1CN(c2nccnc2C#N)CCN1C(=O)c1ccc2c(c1)ncn2C. The Morgan fingerprint density at radius 1 is 1.22 bits per heavy atom. The van der Waals surface area contributed by atoms with Gasteiger partial charge in [0.2, 0.25) is 0 Å². The molecule has 3 heterocycles. The predicted molar refractivity (Wildman–Crippen MR) is 100 cm³/mol. The first-order valence-electron chi connectivity index (χ1n) is 8.76. The second kappa shape index (κ2) is 6.68. The highest BCUT2D eigenvalue weighted by molar-refractivity contribution is 5.97. The van der Waals surface area contributed by atoms with E-state index in [0.717, 1.165) is 11.0 Å². The first-order valence-corrected chi connectivity index (χ1v) is 8.76. The molecule has 0 N–H and O–H groups in total. The summed E-state index contributed by atoms with van der Waals surface area (Å²) in [5.74, 6) is 0.572. The number of amides is 1. The quantitative estimate of drug-likeness (QED) is 0.688. The van der Waals surface area contributed by atoms with Crippen LogP contribution in [-0.4, -0.2) is 56.0 Å². The van der Waals surface area contributed by atoms with Crippen molar-refractivity contribution in [1.82, 2.24) is 24.4 Å². The average molecular weight is 361 g/mol. The van der Waals surface area contributed by atoms with E-state index in [1.165, 1.54) is 6.20 Å². The molecule has 1 fully saturated rings. The fourth-order valence-electron chi connectivity index (χ4n) is 3.53. The van der Waals surface area contributed by atoms with Crippen molar-refractivity contribution in [2.45, 2.75) is 13.0 Å². The van der Waals surface area contributed by atoms with Crippen molar-refractivity contribution >= 4 is 22.8 Å². The van der Waals surface area contributed by atoms with E-state index in [2.05, 4.69) is 21.0 Å². The van der Waals surface area contributed by atoms with E-state index < -0.39 is 0 Å². The molecule has 8 nitrogen and oxygen atoms in total. The molecule has 0 aliphatic carbocycles. The van der Waals surface area contributed by atoms with Crippen LogP contribution in [0.4, 0.5) is 5.82 Å². The molecule has 4 rings (SSSR count). The third-order valence-electron chi connectivity index (χ3n) is 4.95. The molecule has 1 amide bonds. The van der Waals surface area contributed by atoms with Gasteiger partial charge in [0.05, 0.1) is 17.4 Å². The van der Waals surface area contributed by atoms with E-state index in [1.54, 1.807) is 12.5 Å². The molecule has 8 heteroatoms. The fraction of sp³-hybridized carbons (Fsp3) is 0.316. The Hall–Kier alpha value is -3.47. The Kier molecular flexibility index (Phi) is 4.20. The van der Waals surface area contributed by atoms with Crippen LogP contribution in [0.25, 0.3) is 11.0 Å². The Balaban J connectivity index is 1.54. The molecule has 1 unspecified atom stereocenters. The second-order valence-corrected chi connectivity index (χ2v) is 6.69. The summed E-state index contributed by atoms with van der Waals surface area (Å²) in [4.78, 5) is 29.6. The molecule has 3 aromatic rings. The molecule has 1 atom stereocenters. The molecule has 27 heavy (non-hydrogen) atoms. The van der Waals surface area contributed by atoms with E-state index >= 15 is 0 Å². The normalized spacial score (nSPS) is 17.1. The molecule has 1 aliphatic rings. The molecular formula is C19H19N7O. The van der Waals surface area contributed by atoms with Crippen LogP contribution in [0.1, 0.15) is 23.0 Å². The lowest BCUT2D eigenvalue weighted by Gasteiger charge is -2.40. The summed E-state index contributed by atoms with van der Waals surface area (Å²) in [5.41, 5.74) is 2.76. The van der Waals surface area contributed by atoms with E-state index in [0.29, 0.717) is 36.7 Å². The van der Waals surface area contributed by atoms with Gasteiger partial charge in [0.15, 0.2) is 11.5 Å². The number of carbonyl (C=O) groups excluding carboxylic acids is 1. The summed E-state index contributed by atoms with van der Waals surface area (Å²) in [6.07, 6.45) is 4.84. The number of hydrogen-bond donors (Lipinski definition) is 0. The minimum atomic E-state index is -0.0146. The maximum absolute atomic E-state index is 13.0. The summed E-state index contributed by atoms with van der Waals surface area (Å²) in [6.45, 7) is 3.77. The van der Waals surface area contributed by atoms with Gasteiger partial charge in [0, 0.05) is 50.7 Å². The number of rotatable bonds is 2. The van der Waals surface area contributed by atoms with Gasteiger partial charge >= 0.3 is 0 Å². The van der Waals surface area contributed by atoms with Crippen LogP contribution >= 0.6 is 0 Å². The molecule has 0 spiro atoms. The Morgan fingerprint density at radius 3 is 2.81 bits per heavy atom. The summed E-state index contributed by atoms with van der Waals surface area (Å²) in [5, 5.41) is 9.24. The number of nitriles is 1. The van der Waals surface area contributed by atoms with Crippen molar-refractivity contribution in [2.75, 3.05) is 24.5 Å². The van der Waals surface area contributed by atoms with Crippen molar-refractivity contribution in [2.24, 2.45) is 7.05 Å². The smallest absolute Gasteiger partial charge is 0.254 e. The second-order valence-electron chi connectivity index (χ2n) is 6.69. The molecule has 1 aliphatic heterocycles. The van der Waals surface area contributed by atoms with Crippen molar-refractivity contribution in [3.05, 3.63) is 48.2 Å². The standard InChI is InChI=1S/C19H19N7O/c1-13-11-25(18-16(10-20)21-5-6-22-18)7-8-26(13)19(27)14-3-4-17-15(9-14)23-12-24(17)2/h3-6,9,12-13H,7-8,11H2,1-2H3. The zero-order valence-electron chi connectivity index (χ0n) is 15.2. The number of carbonyl (C=O) groups is 1. The number of fused-ring (bicyclic) bond motifs is 1. The third kappa shape index (κ3) is 2.97. The van der Waals surface area contributed by atoms with Crippen LogP contribution < -0.4 is 4.90 Å². The first kappa shape index (κ1) is 17.0. The summed E-state index contributed by atoms with van der Waals surface area (Å²) < 4.78 is 1.93. The largest absolute Gasteiger partial charge is 0.350 e. The molecule has 0 bridgehead atoms. The number of nitrogens with zero attached hydrogens (tertiary/aromatic N) is 7. The maximum atomic E-state index is 13.0. The van der Waals surface area contributed by atoms with Crippen molar-refractivity contribution in [1.29, 1.82) is 5.26 Å². The Bertz CT molecular complexity index is 1050. The van der Waals surface area contributed by atoms with Crippen LogP contribution in [-0.2, 0) is 7.05 Å². The van der Waals surface area contributed by atoms with Gasteiger partial charge in [0.1, 0.15) is 6.07 Å². The number of hydrogen-bond acceptors (Lipinski definition) is 6. The minimum absolute atomic E-state index is 0.00523. The highest BCUT2D eigenvalue weighted by atomic mass is 16.2. The van der Waals surface area contributed by atoms with Crippen molar-refractivity contribution in [3.8, 4) is 6.07 Å². The van der Waals surface area contributed by atoms with Gasteiger partial charge in [-0.05, 0) is 25.1 Å². The summed E-state index contributed by atoms with van der Waals surface area (Å²) in [7, 11) is 1.93. The number of imidazole rings is 1. The lowest BCUT2D eigenvalue weighted by Crippen LogP contribution is -2.54. The van der Waals surface area contributed by atoms with Gasteiger partial charge in [-0.2, -0.15) is 5.26 Å². The van der Waals surface area contributed by atoms with E-state index in [-0.39, 0.29) is 11.9 Å². The van der Waals surface area contributed by atoms with Gasteiger partial charge < -0.3 is 14.4 Å². The van der Waals surface area contributed by atoms with E-state index in [9.17, 15) is 10.1 Å². The Labute approximate surface area is 156 Å². The Morgan fingerprint density at radius 2 is 2.04 bits per heavy atom. The minimum Gasteiger partial charge on any atom is -0.350 e. The third-order valence-corrected chi connectivity index (χ3v) is 4.95. The van der Waals surface area contributed by atoms with Crippen molar-refractivity contribution < 1.29 is 4.79 Å². The zero-order valence-corrected chi connectivity index (χ0v) is 15.2. The number of piperazine rings is 1. The summed E-state index contributed by atoms with van der Waals surface area (Å²) in [6, 6.07) is 7.68. The van der Waals surface area contributed by atoms with Gasteiger partial charge in [0.25, 0.3) is 5.91 Å². The monoisotopic (exact) mass is 361 g/mol. The molecule has 1 saturated heterocycles. The molecule has 0 saturated carbocycles. The van der Waals surface area contributed by atoms with Crippen LogP contribution in [0.3, 0.4) is 0 Å². The summed E-state index contributed by atoms with van der Waals surface area (Å²) >= 11 is 0. The molecule has 1 aromatic carbocycles. The van der Waals surface area contributed by atoms with Crippen LogP contribution in [0.5, 0.6) is 0 Å². The van der Waals surface area contributed by atoms with Crippen LogP contribution in [0.15, 0.2) is 36.9 Å². The molecule has 0 radical (unpaired) electrons. The van der Waals surface area contributed by atoms with Crippen LogP contribution in [0.2, 0.25) is 0 Å². The van der Waals surface area contributed by atoms with E-state index in [1.807, 2.05) is 46.5 Å². The molecule has 136 valence electrons. The zero-order chi connectivity index (χ0) is 19.0. The predicted octanol–water partition coefficient (Wildman–Crippen LogP) is 1.59. The molecule has 2 aromatic heterocycles. The van der Waals surface area contributed by atoms with Gasteiger partial charge in [-0.3, -0.25) is 4.79 Å². The average Bonchev–Trinajstić information content (AvgIpc) is 3.07. The van der Waals surface area contributed by atoms with Crippen molar-refractivity contribution in [3.63, 3.8) is 0 Å². The van der Waals surface area contributed by atoms with Gasteiger partial charge in [-0.15, -0.1) is 0 Å². The first-order chi connectivity index (χ1) is 13.1. The lowest BCUT2D eigenvalue weighted by atomic mass is 10.1. The molecular weight excluding hydrogens is 342 g/mol. The number of benzene rings is 1. The van der Waals surface area contributed by atoms with Gasteiger partial charge in [-0.1, -0.05) is 0 Å². The highest BCUT2D eigenvalue weighted by Crippen LogP contribution is 2.22. The number of aryl methyl sites for hydroxylation is 1. The van der Waals surface area contributed by atoms with Crippen LogP contribution in [0, 0.1) is 11.3 Å². The maximum Gasteiger partial charge on any atom is 0.254 e. The number of anilines is 1. The number of aromatic nitrogens is 4. The highest BCUT2D eigenvalue weighted by Gasteiger charge is 2.30. The fourth-order valence-corrected chi connectivity index (χ4v) is 3.53. The lowest BCUT2D eigenvalue weighted by molar-refractivity contribution is 0.0674. The van der Waals surface area contributed by atoms with Gasteiger partial charge in [-0.25, -0.2) is 15.0 Å².